The number of hydrogen-bond donors (Lipinski definition) is 1. The quantitative estimate of drug-likeness (QED) is 0.129. The van der Waals surface area contributed by atoms with Gasteiger partial charge >= 0.3 is 11.9 Å². The smallest absolute Gasteiger partial charge is 0.338 e. The third kappa shape index (κ3) is 14.4. The molecule has 37 heavy (non-hydrogen) atoms. The number of ether oxygens (including phenoxy) is 2. The van der Waals surface area contributed by atoms with Gasteiger partial charge in [-0.25, -0.2) is 4.79 Å². The van der Waals surface area contributed by atoms with Gasteiger partial charge in [-0.2, -0.15) is 0 Å². The summed E-state index contributed by atoms with van der Waals surface area (Å²) >= 11 is 5.88. The minimum Gasteiger partial charge on any atom is -0.469 e. The summed E-state index contributed by atoms with van der Waals surface area (Å²) in [5.41, 5.74) is 2.54. The molecule has 0 aliphatic rings. The van der Waals surface area contributed by atoms with Crippen LogP contribution in [-0.2, 0) is 14.3 Å². The molecule has 200 valence electrons. The van der Waals surface area contributed by atoms with Gasteiger partial charge in [-0.1, -0.05) is 68.4 Å². The number of carbonyl (C=O) groups is 2. The molecule has 6 heteroatoms. The SMILES string of the molecule is COC(=O)CCCOC(=O)c1ccc(NCCCCCCCCCCCC#Cc2ccc(Cl)cc2)cc1. The predicted molar refractivity (Wildman–Crippen MR) is 151 cm³/mol. The molecule has 0 saturated heterocycles. The number of halogens is 1. The number of esters is 2. The van der Waals surface area contributed by atoms with Crippen molar-refractivity contribution in [3.05, 3.63) is 64.7 Å². The van der Waals surface area contributed by atoms with Crippen molar-refractivity contribution in [3.63, 3.8) is 0 Å². The Balaban J connectivity index is 1.40. The fourth-order valence-corrected chi connectivity index (χ4v) is 3.92. The van der Waals surface area contributed by atoms with Crippen LogP contribution in [-0.4, -0.2) is 32.2 Å². The van der Waals surface area contributed by atoms with Crippen LogP contribution in [0.4, 0.5) is 5.69 Å². The first-order valence-electron chi connectivity index (χ1n) is 13.4. The Kier molecular flexibility index (Phi) is 15.7. The molecule has 2 rings (SSSR count). The number of hydrogen-bond acceptors (Lipinski definition) is 5. The van der Waals surface area contributed by atoms with Gasteiger partial charge in [0.05, 0.1) is 19.3 Å². The average molecular weight is 526 g/mol. The summed E-state index contributed by atoms with van der Waals surface area (Å²) in [5.74, 6) is 5.77. The van der Waals surface area contributed by atoms with Gasteiger partial charge in [0.25, 0.3) is 0 Å². The van der Waals surface area contributed by atoms with Crippen LogP contribution in [0, 0.1) is 11.8 Å². The van der Waals surface area contributed by atoms with Crippen molar-refractivity contribution in [2.24, 2.45) is 0 Å². The summed E-state index contributed by atoms with van der Waals surface area (Å²) in [5, 5.41) is 4.16. The van der Waals surface area contributed by atoms with Crippen molar-refractivity contribution in [3.8, 4) is 11.8 Å². The molecule has 2 aromatic carbocycles. The lowest BCUT2D eigenvalue weighted by atomic mass is 10.1. The Morgan fingerprint density at radius 3 is 2.08 bits per heavy atom. The number of benzene rings is 2. The number of rotatable bonds is 17. The van der Waals surface area contributed by atoms with Crippen LogP contribution in [0.3, 0.4) is 0 Å². The molecule has 0 atom stereocenters. The van der Waals surface area contributed by atoms with Crippen LogP contribution < -0.4 is 5.32 Å². The van der Waals surface area contributed by atoms with E-state index in [4.69, 9.17) is 16.3 Å². The summed E-state index contributed by atoms with van der Waals surface area (Å²) in [6.45, 7) is 1.13. The Morgan fingerprint density at radius 2 is 1.43 bits per heavy atom. The van der Waals surface area contributed by atoms with Crippen molar-refractivity contribution in [2.75, 3.05) is 25.6 Å². The van der Waals surface area contributed by atoms with Crippen molar-refractivity contribution in [1.29, 1.82) is 0 Å². The van der Waals surface area contributed by atoms with Crippen LogP contribution >= 0.6 is 11.6 Å². The molecule has 0 bridgehead atoms. The highest BCUT2D eigenvalue weighted by molar-refractivity contribution is 6.30. The highest BCUT2D eigenvalue weighted by Crippen LogP contribution is 2.13. The molecule has 0 heterocycles. The van der Waals surface area contributed by atoms with Gasteiger partial charge in [0.15, 0.2) is 0 Å². The summed E-state index contributed by atoms with van der Waals surface area (Å²) in [4.78, 5) is 23.1. The van der Waals surface area contributed by atoms with Gasteiger partial charge in [0, 0.05) is 35.7 Å². The van der Waals surface area contributed by atoms with E-state index >= 15 is 0 Å². The number of nitrogens with one attached hydrogen (secondary N) is 1. The zero-order valence-corrected chi connectivity index (χ0v) is 22.8. The van der Waals surface area contributed by atoms with Gasteiger partial charge in [0.2, 0.25) is 0 Å². The molecular formula is C31H40ClNO4. The largest absolute Gasteiger partial charge is 0.469 e. The van der Waals surface area contributed by atoms with Crippen molar-refractivity contribution >= 4 is 29.2 Å². The summed E-state index contributed by atoms with van der Waals surface area (Å²) in [6, 6.07) is 15.0. The normalized spacial score (nSPS) is 10.3. The number of methoxy groups -OCH3 is 1. The molecule has 0 aliphatic heterocycles. The lowest BCUT2D eigenvalue weighted by Gasteiger charge is -2.08. The van der Waals surface area contributed by atoms with E-state index in [1.54, 1.807) is 12.1 Å². The zero-order chi connectivity index (χ0) is 26.6. The second-order valence-electron chi connectivity index (χ2n) is 9.06. The molecule has 2 aromatic rings. The highest BCUT2D eigenvalue weighted by atomic mass is 35.5. The van der Waals surface area contributed by atoms with Crippen molar-refractivity contribution < 1.29 is 19.1 Å². The molecule has 0 saturated carbocycles. The average Bonchev–Trinajstić information content (AvgIpc) is 2.92. The number of unbranched alkanes of at least 4 members (excludes halogenated alkanes) is 9. The van der Waals surface area contributed by atoms with E-state index in [0.717, 1.165) is 35.7 Å². The van der Waals surface area contributed by atoms with Crippen LogP contribution in [0.15, 0.2) is 48.5 Å². The molecular weight excluding hydrogens is 486 g/mol. The molecule has 0 amide bonds. The van der Waals surface area contributed by atoms with E-state index in [1.807, 2.05) is 36.4 Å². The topological polar surface area (TPSA) is 64.6 Å². The van der Waals surface area contributed by atoms with Crippen LogP contribution in [0.2, 0.25) is 5.02 Å². The van der Waals surface area contributed by atoms with Crippen molar-refractivity contribution in [1.82, 2.24) is 0 Å². The number of anilines is 1. The molecule has 0 unspecified atom stereocenters. The molecule has 5 nitrogen and oxygen atoms in total. The molecule has 0 spiro atoms. The third-order valence-electron chi connectivity index (χ3n) is 5.99. The van der Waals surface area contributed by atoms with Gasteiger partial charge in [-0.15, -0.1) is 0 Å². The third-order valence-corrected chi connectivity index (χ3v) is 6.24. The fraction of sp³-hybridized carbons (Fsp3) is 0.484. The van der Waals surface area contributed by atoms with E-state index in [9.17, 15) is 9.59 Å². The molecule has 0 fully saturated rings. The zero-order valence-electron chi connectivity index (χ0n) is 22.0. The molecule has 0 radical (unpaired) electrons. The summed E-state index contributed by atoms with van der Waals surface area (Å²) < 4.78 is 9.75. The molecule has 1 N–H and O–H groups in total. The lowest BCUT2D eigenvalue weighted by Crippen LogP contribution is -2.09. The van der Waals surface area contributed by atoms with Crippen molar-refractivity contribution in [2.45, 2.75) is 77.0 Å². The first kappa shape index (κ1) is 30.3. The van der Waals surface area contributed by atoms with E-state index in [-0.39, 0.29) is 25.0 Å². The Labute approximate surface area is 227 Å². The highest BCUT2D eigenvalue weighted by Gasteiger charge is 2.08. The summed E-state index contributed by atoms with van der Waals surface area (Å²) in [7, 11) is 1.34. The monoisotopic (exact) mass is 525 g/mol. The maximum atomic E-state index is 12.0. The molecule has 0 aliphatic carbocycles. The Bertz CT molecular complexity index is 977. The predicted octanol–water partition coefficient (Wildman–Crippen LogP) is 7.81. The maximum Gasteiger partial charge on any atom is 0.338 e. The first-order chi connectivity index (χ1) is 18.1. The van der Waals surface area contributed by atoms with Crippen LogP contribution in [0.25, 0.3) is 0 Å². The van der Waals surface area contributed by atoms with Gasteiger partial charge in [-0.05, 0) is 67.8 Å². The summed E-state index contributed by atoms with van der Waals surface area (Å²) in [6.07, 6.45) is 12.9. The lowest BCUT2D eigenvalue weighted by molar-refractivity contribution is -0.140. The van der Waals surface area contributed by atoms with E-state index in [1.165, 1.54) is 58.5 Å². The van der Waals surface area contributed by atoms with E-state index in [0.29, 0.717) is 12.0 Å². The second-order valence-corrected chi connectivity index (χ2v) is 9.50. The Hall–Kier alpha value is -2.97. The Morgan fingerprint density at radius 1 is 0.811 bits per heavy atom. The second kappa shape index (κ2) is 19.2. The minimum absolute atomic E-state index is 0.203. The minimum atomic E-state index is -0.376. The van der Waals surface area contributed by atoms with Crippen LogP contribution in [0.5, 0.6) is 0 Å². The number of carbonyl (C=O) groups excluding carboxylic acids is 2. The standard InChI is InChI=1S/C31H40ClNO4/c1-36-30(34)15-13-25-37-31(35)27-18-22-29(23-19-27)33-24-12-10-8-6-4-2-3-5-7-9-11-14-26-16-20-28(32)21-17-26/h16-23,33H,2-10,12-13,15,24-25H2,1H3. The molecule has 0 aromatic heterocycles. The maximum absolute atomic E-state index is 12.0. The fourth-order valence-electron chi connectivity index (χ4n) is 3.80. The van der Waals surface area contributed by atoms with Gasteiger partial charge in [0.1, 0.15) is 0 Å². The van der Waals surface area contributed by atoms with E-state index < -0.39 is 0 Å². The van der Waals surface area contributed by atoms with Gasteiger partial charge in [-0.3, -0.25) is 4.79 Å². The van der Waals surface area contributed by atoms with Gasteiger partial charge < -0.3 is 14.8 Å². The van der Waals surface area contributed by atoms with E-state index in [2.05, 4.69) is 21.9 Å². The first-order valence-corrected chi connectivity index (χ1v) is 13.8. The van der Waals surface area contributed by atoms with Crippen LogP contribution in [0.1, 0.15) is 93.0 Å².